The molecule has 0 aliphatic heterocycles. The Balaban J connectivity index is 0.00000147. The van der Waals surface area contributed by atoms with Crippen LogP contribution < -0.4 is 9.47 Å². The van der Waals surface area contributed by atoms with Gasteiger partial charge in [-0.3, -0.25) is 0 Å². The molecule has 0 radical (unpaired) electrons. The quantitative estimate of drug-likeness (QED) is 0.805. The number of nitrogens with one attached hydrogen (secondary N) is 1. The highest BCUT2D eigenvalue weighted by atomic mass is 35.5. The molecule has 2 heterocycles. The van der Waals surface area contributed by atoms with Gasteiger partial charge in [0, 0.05) is 12.3 Å². The summed E-state index contributed by atoms with van der Waals surface area (Å²) in [6.45, 7) is 0. The smallest absolute Gasteiger partial charge is 0.178 e. The highest BCUT2D eigenvalue weighted by molar-refractivity contribution is 5.85. The summed E-state index contributed by atoms with van der Waals surface area (Å²) in [6, 6.07) is 9.42. The molecule has 1 N–H and O–H groups in total. The highest BCUT2D eigenvalue weighted by Gasteiger charge is 2.11. The van der Waals surface area contributed by atoms with Crippen molar-refractivity contribution in [2.24, 2.45) is 0 Å². The number of aromatic amines is 1. The third-order valence-electron chi connectivity index (χ3n) is 2.92. The van der Waals surface area contributed by atoms with Gasteiger partial charge in [0.25, 0.3) is 0 Å². The second kappa shape index (κ2) is 5.79. The van der Waals surface area contributed by atoms with Crippen LogP contribution in [0.5, 0.6) is 11.5 Å². The Morgan fingerprint density at radius 2 is 1.95 bits per heavy atom. The molecule has 0 amide bonds. The highest BCUT2D eigenvalue weighted by Crippen LogP contribution is 2.32. The van der Waals surface area contributed by atoms with Crippen molar-refractivity contribution in [1.29, 1.82) is 0 Å². The van der Waals surface area contributed by atoms with E-state index in [1.165, 1.54) is 0 Å². The molecule has 0 atom stereocenters. The third kappa shape index (κ3) is 2.40. The maximum atomic E-state index is 5.38. The fourth-order valence-corrected chi connectivity index (χ4v) is 1.97. The van der Waals surface area contributed by atoms with Crippen molar-refractivity contribution in [1.82, 2.24) is 15.0 Å². The predicted octanol–water partition coefficient (Wildman–Crippen LogP) is 3.06. The van der Waals surface area contributed by atoms with E-state index in [0.717, 1.165) is 22.7 Å². The Kier molecular flexibility index (Phi) is 4.10. The molecular weight excluding hydrogens is 278 g/mol. The molecule has 3 rings (SSSR count). The van der Waals surface area contributed by atoms with Crippen LogP contribution >= 0.6 is 12.4 Å². The first kappa shape index (κ1) is 14.1. The minimum absolute atomic E-state index is 0. The summed E-state index contributed by atoms with van der Waals surface area (Å²) in [5.41, 5.74) is 2.46. The Morgan fingerprint density at radius 3 is 2.65 bits per heavy atom. The van der Waals surface area contributed by atoms with Crippen molar-refractivity contribution in [2.45, 2.75) is 0 Å². The number of aromatic nitrogens is 3. The minimum atomic E-state index is 0. The van der Waals surface area contributed by atoms with Gasteiger partial charge >= 0.3 is 0 Å². The zero-order valence-electron chi connectivity index (χ0n) is 11.1. The van der Waals surface area contributed by atoms with Crippen LogP contribution in [0.4, 0.5) is 0 Å². The Hall–Kier alpha value is -2.27. The normalized spacial score (nSPS) is 10.1. The van der Waals surface area contributed by atoms with Gasteiger partial charge in [-0.15, -0.1) is 12.4 Å². The van der Waals surface area contributed by atoms with Crippen LogP contribution in [0.15, 0.2) is 36.5 Å². The summed E-state index contributed by atoms with van der Waals surface area (Å²) >= 11 is 0. The molecule has 0 bridgehead atoms. The van der Waals surface area contributed by atoms with E-state index < -0.39 is 0 Å². The van der Waals surface area contributed by atoms with Gasteiger partial charge in [-0.2, -0.15) is 0 Å². The van der Waals surface area contributed by atoms with E-state index in [1.807, 2.05) is 30.3 Å². The lowest BCUT2D eigenvalue weighted by Gasteiger charge is -2.08. The molecule has 0 aliphatic rings. The van der Waals surface area contributed by atoms with Crippen molar-refractivity contribution < 1.29 is 9.47 Å². The lowest BCUT2D eigenvalue weighted by molar-refractivity contribution is 0.395. The fourth-order valence-electron chi connectivity index (χ4n) is 1.97. The summed E-state index contributed by atoms with van der Waals surface area (Å²) in [5.74, 6) is 2.18. The topological polar surface area (TPSA) is 60.0 Å². The molecule has 2 aromatic heterocycles. The molecule has 104 valence electrons. The standard InChI is InChI=1S/C14H13N3O2.ClH/c1-18-9-5-6-10(12(8-9)19-2)13-16-11-4-3-7-15-14(11)17-13;/h3-8H,1-2H3,(H,15,16,17);1H. The molecule has 0 unspecified atom stereocenters. The van der Waals surface area contributed by atoms with Crippen LogP contribution in [0.3, 0.4) is 0 Å². The molecular formula is C14H14ClN3O2. The van der Waals surface area contributed by atoms with E-state index in [9.17, 15) is 0 Å². The first-order valence-corrected chi connectivity index (χ1v) is 5.85. The van der Waals surface area contributed by atoms with Gasteiger partial charge in [0.2, 0.25) is 0 Å². The molecule has 0 saturated carbocycles. The second-order valence-electron chi connectivity index (χ2n) is 4.03. The number of H-pyrrole nitrogens is 1. The molecule has 3 aromatic rings. The van der Waals surface area contributed by atoms with Crippen LogP contribution in [-0.2, 0) is 0 Å². The number of rotatable bonds is 3. The zero-order valence-corrected chi connectivity index (χ0v) is 11.9. The van der Waals surface area contributed by atoms with E-state index in [2.05, 4.69) is 15.0 Å². The van der Waals surface area contributed by atoms with Gasteiger partial charge in [0.15, 0.2) is 5.65 Å². The predicted molar refractivity (Wildman–Crippen MR) is 79.7 cm³/mol. The molecule has 6 heteroatoms. The van der Waals surface area contributed by atoms with Crippen molar-refractivity contribution in [3.8, 4) is 22.9 Å². The lowest BCUT2D eigenvalue weighted by atomic mass is 10.2. The maximum absolute atomic E-state index is 5.38. The minimum Gasteiger partial charge on any atom is -0.497 e. The summed E-state index contributed by atoms with van der Waals surface area (Å²) in [5, 5.41) is 0. The maximum Gasteiger partial charge on any atom is 0.178 e. The number of nitrogens with zero attached hydrogens (tertiary/aromatic N) is 2. The molecule has 0 saturated heterocycles. The third-order valence-corrected chi connectivity index (χ3v) is 2.92. The Morgan fingerprint density at radius 1 is 1.10 bits per heavy atom. The first-order valence-electron chi connectivity index (χ1n) is 5.85. The van der Waals surface area contributed by atoms with Crippen LogP contribution in [0.2, 0.25) is 0 Å². The number of halogens is 1. The Labute approximate surface area is 122 Å². The molecule has 1 aromatic carbocycles. The molecule has 20 heavy (non-hydrogen) atoms. The van der Waals surface area contributed by atoms with Crippen molar-refractivity contribution in [3.63, 3.8) is 0 Å². The molecule has 0 aliphatic carbocycles. The van der Waals surface area contributed by atoms with Crippen molar-refractivity contribution in [3.05, 3.63) is 36.5 Å². The van der Waals surface area contributed by atoms with E-state index in [-0.39, 0.29) is 12.4 Å². The van der Waals surface area contributed by atoms with Gasteiger partial charge in [0.1, 0.15) is 17.3 Å². The molecule has 0 spiro atoms. The van der Waals surface area contributed by atoms with Crippen LogP contribution in [0, 0.1) is 0 Å². The zero-order chi connectivity index (χ0) is 13.2. The Bertz CT molecular complexity index is 694. The van der Waals surface area contributed by atoms with Crippen molar-refractivity contribution in [2.75, 3.05) is 14.2 Å². The first-order chi connectivity index (χ1) is 9.31. The SMILES string of the molecule is COc1ccc(-c2nc3ncccc3[nH]2)c(OC)c1.Cl. The molecule has 0 fully saturated rings. The number of benzene rings is 1. The number of methoxy groups -OCH3 is 2. The van der Waals surface area contributed by atoms with Gasteiger partial charge in [-0.25, -0.2) is 9.97 Å². The van der Waals surface area contributed by atoms with Crippen LogP contribution in [0.1, 0.15) is 0 Å². The summed E-state index contributed by atoms with van der Waals surface area (Å²) in [6.07, 6.45) is 1.72. The van der Waals surface area contributed by atoms with Crippen LogP contribution in [0.25, 0.3) is 22.6 Å². The van der Waals surface area contributed by atoms with Crippen molar-refractivity contribution >= 4 is 23.6 Å². The van der Waals surface area contributed by atoms with Gasteiger partial charge in [-0.1, -0.05) is 0 Å². The van der Waals surface area contributed by atoms with E-state index >= 15 is 0 Å². The number of fused-ring (bicyclic) bond motifs is 1. The number of pyridine rings is 1. The summed E-state index contributed by atoms with van der Waals surface area (Å²) in [4.78, 5) is 11.9. The summed E-state index contributed by atoms with van der Waals surface area (Å²) < 4.78 is 10.6. The average molecular weight is 292 g/mol. The van der Waals surface area contributed by atoms with Gasteiger partial charge in [-0.05, 0) is 24.3 Å². The van der Waals surface area contributed by atoms with E-state index in [1.54, 1.807) is 20.4 Å². The van der Waals surface area contributed by atoms with E-state index in [0.29, 0.717) is 11.4 Å². The second-order valence-corrected chi connectivity index (χ2v) is 4.03. The number of ether oxygens (including phenoxy) is 2. The van der Waals surface area contributed by atoms with Gasteiger partial charge in [0.05, 0.1) is 25.3 Å². The van der Waals surface area contributed by atoms with Gasteiger partial charge < -0.3 is 14.5 Å². The lowest BCUT2D eigenvalue weighted by Crippen LogP contribution is -1.91. The summed E-state index contributed by atoms with van der Waals surface area (Å²) in [7, 11) is 3.25. The molecule has 5 nitrogen and oxygen atoms in total. The monoisotopic (exact) mass is 291 g/mol. The number of hydrogen-bond donors (Lipinski definition) is 1. The number of hydrogen-bond acceptors (Lipinski definition) is 4. The van der Waals surface area contributed by atoms with Crippen LogP contribution in [-0.4, -0.2) is 29.2 Å². The van der Waals surface area contributed by atoms with E-state index in [4.69, 9.17) is 9.47 Å². The number of imidazole rings is 1. The largest absolute Gasteiger partial charge is 0.497 e. The average Bonchev–Trinajstić information content (AvgIpc) is 2.90. The fraction of sp³-hybridized carbons (Fsp3) is 0.143.